The van der Waals surface area contributed by atoms with Crippen LogP contribution in [0.5, 0.6) is 5.75 Å². The quantitative estimate of drug-likeness (QED) is 0.351. The lowest BCUT2D eigenvalue weighted by Crippen LogP contribution is -2.30. The van der Waals surface area contributed by atoms with Crippen LogP contribution in [-0.4, -0.2) is 31.0 Å². The van der Waals surface area contributed by atoms with Crippen molar-refractivity contribution in [2.24, 2.45) is 0 Å². The molecule has 10 heteroatoms. The SMILES string of the molecule is CCc1csc(C(Cc2ccccc2NS(=O)(=O)O)NC(=O)CCc2cccc(OC)c2)n1. The Morgan fingerprint density at radius 2 is 2.00 bits per heavy atom. The number of carbonyl (C=O) groups excluding carboxylic acids is 1. The van der Waals surface area contributed by atoms with E-state index < -0.39 is 16.3 Å². The summed E-state index contributed by atoms with van der Waals surface area (Å²) in [5.41, 5.74) is 2.80. The number of hydrogen-bond donors (Lipinski definition) is 3. The van der Waals surface area contributed by atoms with Crippen molar-refractivity contribution in [3.05, 3.63) is 75.7 Å². The summed E-state index contributed by atoms with van der Waals surface area (Å²) in [4.78, 5) is 17.4. The van der Waals surface area contributed by atoms with E-state index in [0.29, 0.717) is 18.4 Å². The number of anilines is 1. The highest BCUT2D eigenvalue weighted by Gasteiger charge is 2.21. The molecular formula is C23H27N3O5S2. The molecule has 1 unspecified atom stereocenters. The first-order valence-corrected chi connectivity index (χ1v) is 12.8. The minimum atomic E-state index is -4.43. The number of benzene rings is 2. The van der Waals surface area contributed by atoms with Crippen LogP contribution in [0.3, 0.4) is 0 Å². The molecule has 3 aromatic rings. The van der Waals surface area contributed by atoms with E-state index in [1.165, 1.54) is 11.3 Å². The van der Waals surface area contributed by atoms with Gasteiger partial charge in [-0.1, -0.05) is 37.3 Å². The number of nitrogens with one attached hydrogen (secondary N) is 2. The Hall–Kier alpha value is -2.95. The Morgan fingerprint density at radius 1 is 1.21 bits per heavy atom. The van der Waals surface area contributed by atoms with E-state index >= 15 is 0 Å². The normalized spacial score (nSPS) is 12.2. The van der Waals surface area contributed by atoms with E-state index in [1.54, 1.807) is 31.4 Å². The summed E-state index contributed by atoms with van der Waals surface area (Å²) in [5, 5.41) is 5.74. The molecule has 1 aromatic heterocycles. The maximum Gasteiger partial charge on any atom is 0.357 e. The molecule has 0 aliphatic carbocycles. The zero-order chi connectivity index (χ0) is 23.8. The number of methoxy groups -OCH3 is 1. The largest absolute Gasteiger partial charge is 0.497 e. The number of aryl methyl sites for hydroxylation is 2. The van der Waals surface area contributed by atoms with Crippen LogP contribution in [0.25, 0.3) is 0 Å². The molecule has 3 N–H and O–H groups in total. The molecule has 1 heterocycles. The fraction of sp³-hybridized carbons (Fsp3) is 0.304. The fourth-order valence-corrected chi connectivity index (χ4v) is 4.78. The van der Waals surface area contributed by atoms with Gasteiger partial charge in [-0.25, -0.2) is 4.98 Å². The van der Waals surface area contributed by atoms with Crippen LogP contribution in [0.2, 0.25) is 0 Å². The van der Waals surface area contributed by atoms with Crippen molar-refractivity contribution < 1.29 is 22.5 Å². The van der Waals surface area contributed by atoms with Crippen LogP contribution < -0.4 is 14.8 Å². The summed E-state index contributed by atoms with van der Waals surface area (Å²) in [6, 6.07) is 13.9. The summed E-state index contributed by atoms with van der Waals surface area (Å²) in [5.74, 6) is 0.597. The van der Waals surface area contributed by atoms with Gasteiger partial charge in [0.2, 0.25) is 5.91 Å². The Morgan fingerprint density at radius 3 is 2.70 bits per heavy atom. The zero-order valence-electron chi connectivity index (χ0n) is 18.4. The van der Waals surface area contributed by atoms with Crippen LogP contribution in [0.15, 0.2) is 53.9 Å². The van der Waals surface area contributed by atoms with Gasteiger partial charge in [0.25, 0.3) is 0 Å². The predicted molar refractivity (Wildman–Crippen MR) is 129 cm³/mol. The number of thiazole rings is 1. The fourth-order valence-electron chi connectivity index (χ4n) is 3.35. The number of nitrogens with zero attached hydrogens (tertiary/aromatic N) is 1. The third-order valence-electron chi connectivity index (χ3n) is 5.02. The average molecular weight is 490 g/mol. The summed E-state index contributed by atoms with van der Waals surface area (Å²) in [6.07, 6.45) is 1.91. The molecule has 0 aliphatic rings. The third kappa shape index (κ3) is 7.55. The molecule has 8 nitrogen and oxygen atoms in total. The number of carbonyl (C=O) groups is 1. The van der Waals surface area contributed by atoms with Crippen LogP contribution >= 0.6 is 11.3 Å². The highest BCUT2D eigenvalue weighted by molar-refractivity contribution is 7.87. The average Bonchev–Trinajstić information content (AvgIpc) is 3.27. The molecule has 1 amide bonds. The van der Waals surface area contributed by atoms with Gasteiger partial charge in [-0.2, -0.15) is 8.42 Å². The number of ether oxygens (including phenoxy) is 1. The molecule has 1 atom stereocenters. The number of para-hydroxylation sites is 1. The van der Waals surface area contributed by atoms with Gasteiger partial charge in [-0.05, 0) is 42.2 Å². The first kappa shape index (κ1) is 24.7. The maximum absolute atomic E-state index is 12.8. The van der Waals surface area contributed by atoms with E-state index in [1.807, 2.05) is 36.6 Å². The first-order valence-electron chi connectivity index (χ1n) is 10.5. The van der Waals surface area contributed by atoms with Gasteiger partial charge in [0.15, 0.2) is 0 Å². The number of amides is 1. The molecule has 2 aromatic carbocycles. The maximum atomic E-state index is 12.8. The molecule has 0 radical (unpaired) electrons. The molecule has 0 saturated carbocycles. The van der Waals surface area contributed by atoms with Crippen molar-refractivity contribution in [3.63, 3.8) is 0 Å². The standard InChI is InChI=1S/C23H27N3O5S2/c1-3-18-15-32-23(24-18)21(14-17-8-4-5-10-20(17)26-33(28,29)30)25-22(27)12-11-16-7-6-9-19(13-16)31-2/h4-10,13,15,21,26H,3,11-12,14H2,1-2H3,(H,25,27)(H,28,29,30). The topological polar surface area (TPSA) is 118 Å². The summed E-state index contributed by atoms with van der Waals surface area (Å²) < 4.78 is 39.3. The number of rotatable bonds is 11. The lowest BCUT2D eigenvalue weighted by atomic mass is 10.0. The van der Waals surface area contributed by atoms with Crippen LogP contribution in [-0.2, 0) is 34.4 Å². The van der Waals surface area contributed by atoms with E-state index in [4.69, 9.17) is 4.74 Å². The minimum Gasteiger partial charge on any atom is -0.497 e. The van der Waals surface area contributed by atoms with E-state index in [2.05, 4.69) is 15.0 Å². The van der Waals surface area contributed by atoms with Crippen LogP contribution in [0, 0.1) is 0 Å². The molecule has 0 fully saturated rings. The Kier molecular flexibility index (Phi) is 8.43. The second-order valence-electron chi connectivity index (χ2n) is 7.44. The van der Waals surface area contributed by atoms with Gasteiger partial charge in [-0.15, -0.1) is 11.3 Å². The molecule has 0 bridgehead atoms. The van der Waals surface area contributed by atoms with Gasteiger partial charge in [0, 0.05) is 18.2 Å². The predicted octanol–water partition coefficient (Wildman–Crippen LogP) is 3.96. The summed E-state index contributed by atoms with van der Waals surface area (Å²) in [6.45, 7) is 2.01. The second-order valence-corrected chi connectivity index (χ2v) is 9.48. The molecule has 0 aliphatic heterocycles. The second kappa shape index (κ2) is 11.3. The molecule has 0 spiro atoms. The highest BCUT2D eigenvalue weighted by Crippen LogP contribution is 2.27. The monoisotopic (exact) mass is 489 g/mol. The Labute approximate surface area is 197 Å². The van der Waals surface area contributed by atoms with Gasteiger partial charge >= 0.3 is 10.3 Å². The van der Waals surface area contributed by atoms with E-state index in [-0.39, 0.29) is 18.0 Å². The Balaban J connectivity index is 1.77. The highest BCUT2D eigenvalue weighted by atomic mass is 32.2. The van der Waals surface area contributed by atoms with Gasteiger partial charge in [0.05, 0.1) is 24.5 Å². The van der Waals surface area contributed by atoms with Gasteiger partial charge < -0.3 is 10.1 Å². The third-order valence-corrected chi connectivity index (χ3v) is 6.51. The summed E-state index contributed by atoms with van der Waals surface area (Å²) >= 11 is 1.45. The lowest BCUT2D eigenvalue weighted by Gasteiger charge is -2.19. The minimum absolute atomic E-state index is 0.142. The van der Waals surface area contributed by atoms with Crippen molar-refractivity contribution >= 4 is 33.2 Å². The van der Waals surface area contributed by atoms with Crippen molar-refractivity contribution in [2.75, 3.05) is 11.8 Å². The molecule has 0 saturated heterocycles. The van der Waals surface area contributed by atoms with E-state index in [9.17, 15) is 17.8 Å². The van der Waals surface area contributed by atoms with Crippen LogP contribution in [0.4, 0.5) is 5.69 Å². The molecule has 33 heavy (non-hydrogen) atoms. The van der Waals surface area contributed by atoms with Crippen molar-refractivity contribution in [1.82, 2.24) is 10.3 Å². The number of aromatic nitrogens is 1. The Bertz CT molecular complexity index is 1190. The molecule has 176 valence electrons. The van der Waals surface area contributed by atoms with E-state index in [0.717, 1.165) is 28.4 Å². The van der Waals surface area contributed by atoms with Crippen LogP contribution in [0.1, 0.15) is 41.2 Å². The summed E-state index contributed by atoms with van der Waals surface area (Å²) in [7, 11) is -2.83. The molecule has 3 rings (SSSR count). The van der Waals surface area contributed by atoms with Crippen molar-refractivity contribution in [1.29, 1.82) is 0 Å². The van der Waals surface area contributed by atoms with Crippen molar-refractivity contribution in [3.8, 4) is 5.75 Å². The zero-order valence-corrected chi connectivity index (χ0v) is 20.1. The van der Waals surface area contributed by atoms with Gasteiger partial charge in [-0.3, -0.25) is 14.1 Å². The van der Waals surface area contributed by atoms with Gasteiger partial charge in [0.1, 0.15) is 10.8 Å². The lowest BCUT2D eigenvalue weighted by molar-refractivity contribution is -0.121. The number of hydrogen-bond acceptors (Lipinski definition) is 6. The first-order chi connectivity index (χ1) is 15.8. The smallest absolute Gasteiger partial charge is 0.357 e. The molecular weight excluding hydrogens is 462 g/mol. The van der Waals surface area contributed by atoms with Crippen molar-refractivity contribution in [2.45, 2.75) is 38.6 Å².